The van der Waals surface area contributed by atoms with E-state index in [0.717, 1.165) is 35.5 Å². The number of cyclic esters (lactones) is 1. The number of oxazole rings is 2. The van der Waals surface area contributed by atoms with Gasteiger partial charge in [0, 0.05) is 12.2 Å². The largest absolute Gasteiger partial charge is 0.487 e. The zero-order valence-corrected chi connectivity index (χ0v) is 23.7. The summed E-state index contributed by atoms with van der Waals surface area (Å²) < 4.78 is 32.5. The molecule has 1 atom stereocenters. The number of aromatic nitrogens is 2. The van der Waals surface area contributed by atoms with Crippen molar-refractivity contribution in [3.8, 4) is 5.75 Å². The van der Waals surface area contributed by atoms with Gasteiger partial charge < -0.3 is 27.1 Å². The minimum Gasteiger partial charge on any atom is -0.487 e. The van der Waals surface area contributed by atoms with Crippen LogP contribution in [0.1, 0.15) is 59.5 Å². The van der Waals surface area contributed by atoms with Crippen LogP contribution in [0.4, 0.5) is 4.79 Å². The molecule has 2 amide bonds. The van der Waals surface area contributed by atoms with Crippen LogP contribution in [0, 0.1) is 0 Å². The number of imide groups is 1. The van der Waals surface area contributed by atoms with Crippen molar-refractivity contribution in [2.75, 3.05) is 0 Å². The van der Waals surface area contributed by atoms with Gasteiger partial charge in [0.15, 0.2) is 6.10 Å². The lowest BCUT2D eigenvalue weighted by Crippen LogP contribution is -2.31. The van der Waals surface area contributed by atoms with Crippen molar-refractivity contribution in [1.82, 2.24) is 14.9 Å². The number of benzene rings is 1. The van der Waals surface area contributed by atoms with Crippen molar-refractivity contribution in [3.05, 3.63) is 114 Å². The highest BCUT2D eigenvalue weighted by Crippen LogP contribution is 2.22. The summed E-state index contributed by atoms with van der Waals surface area (Å²) in [4.78, 5) is 34.9. The second kappa shape index (κ2) is 13.6. The quantitative estimate of drug-likeness (QED) is 0.123. The molecule has 0 radical (unpaired) electrons. The highest BCUT2D eigenvalue weighted by molar-refractivity contribution is 5.99. The molecule has 11 heteroatoms. The van der Waals surface area contributed by atoms with E-state index in [1.807, 2.05) is 36.4 Å². The Morgan fingerprint density at radius 1 is 0.773 bits per heavy atom. The van der Waals surface area contributed by atoms with Crippen molar-refractivity contribution in [3.63, 3.8) is 0 Å². The summed E-state index contributed by atoms with van der Waals surface area (Å²) in [6.45, 7) is 0.268. The summed E-state index contributed by atoms with van der Waals surface area (Å²) in [5.74, 6) is 2.54. The fourth-order valence-electron chi connectivity index (χ4n) is 4.57. The van der Waals surface area contributed by atoms with Gasteiger partial charge in [0.05, 0.1) is 24.8 Å². The lowest BCUT2D eigenvalue weighted by Gasteiger charge is -2.09. The monoisotopic (exact) mass is 595 g/mol. The first-order valence-electron chi connectivity index (χ1n) is 14.1. The van der Waals surface area contributed by atoms with Gasteiger partial charge in [-0.05, 0) is 79.8 Å². The maximum atomic E-state index is 12.8. The molecule has 224 valence electrons. The van der Waals surface area contributed by atoms with E-state index < -0.39 is 12.2 Å². The van der Waals surface area contributed by atoms with Crippen LogP contribution in [-0.2, 0) is 29.1 Å². The summed E-state index contributed by atoms with van der Waals surface area (Å²) in [5, 5.41) is 0. The molecule has 1 aliphatic heterocycles. The first-order chi connectivity index (χ1) is 21.6. The summed E-state index contributed by atoms with van der Waals surface area (Å²) in [7, 11) is 0. The number of hydrogen-bond acceptors (Lipinski definition) is 10. The molecule has 0 aliphatic carbocycles. The van der Waals surface area contributed by atoms with Crippen LogP contribution >= 0.6 is 0 Å². The van der Waals surface area contributed by atoms with E-state index in [1.165, 1.54) is 6.26 Å². The van der Waals surface area contributed by atoms with Crippen LogP contribution in [0.3, 0.4) is 0 Å². The summed E-state index contributed by atoms with van der Waals surface area (Å²) in [6, 6.07) is 15.1. The van der Waals surface area contributed by atoms with Gasteiger partial charge >= 0.3 is 6.09 Å². The van der Waals surface area contributed by atoms with E-state index in [-0.39, 0.29) is 19.1 Å². The molecule has 0 N–H and O–H groups in total. The van der Waals surface area contributed by atoms with Gasteiger partial charge in [-0.15, -0.1) is 0 Å². The first-order valence-corrected chi connectivity index (χ1v) is 14.1. The van der Waals surface area contributed by atoms with E-state index in [0.29, 0.717) is 41.1 Å². The molecular weight excluding hydrogens is 566 g/mol. The molecule has 44 heavy (non-hydrogen) atoms. The molecule has 1 aliphatic rings. The van der Waals surface area contributed by atoms with Crippen LogP contribution in [0.2, 0.25) is 0 Å². The van der Waals surface area contributed by atoms with E-state index in [9.17, 15) is 9.59 Å². The van der Waals surface area contributed by atoms with Gasteiger partial charge in [-0.3, -0.25) is 4.79 Å². The molecule has 0 saturated carbocycles. The lowest BCUT2D eigenvalue weighted by atomic mass is 10.0. The van der Waals surface area contributed by atoms with E-state index in [4.69, 9.17) is 27.1 Å². The van der Waals surface area contributed by atoms with Gasteiger partial charge in [0.25, 0.3) is 5.91 Å². The number of nitrogens with zero attached hydrogens (tertiary/aromatic N) is 3. The molecule has 0 spiro atoms. The van der Waals surface area contributed by atoms with Crippen LogP contribution < -0.4 is 4.74 Å². The summed E-state index contributed by atoms with van der Waals surface area (Å²) in [6.07, 6.45) is 14.4. The second-order valence-corrected chi connectivity index (χ2v) is 10.0. The Morgan fingerprint density at radius 2 is 1.43 bits per heavy atom. The van der Waals surface area contributed by atoms with Crippen molar-refractivity contribution in [2.45, 2.75) is 44.9 Å². The van der Waals surface area contributed by atoms with Crippen molar-refractivity contribution in [2.24, 2.45) is 0 Å². The maximum absolute atomic E-state index is 12.8. The Hall–Kier alpha value is -5.58. The van der Waals surface area contributed by atoms with Gasteiger partial charge in [-0.25, -0.2) is 19.7 Å². The Labute approximate surface area is 252 Å². The zero-order chi connectivity index (χ0) is 30.1. The number of unbranched alkanes of at least 4 members (excludes halogenated alkanes) is 1. The van der Waals surface area contributed by atoms with Gasteiger partial charge in [-0.2, -0.15) is 0 Å². The number of aryl methyl sites for hydroxylation is 1. The highest BCUT2D eigenvalue weighted by atomic mass is 16.6. The number of carbonyl (C=O) groups excluding carboxylic acids is 2. The maximum Gasteiger partial charge on any atom is 0.417 e. The predicted octanol–water partition coefficient (Wildman–Crippen LogP) is 7.03. The average molecular weight is 596 g/mol. The average Bonchev–Trinajstić information content (AvgIpc) is 3.88. The standard InChI is InChI=1S/C33H29N3O8/c37-32-29(44-33(38)36(32)19-24-20-42-30(34-24)15-13-26-6-3-17-39-26)8-2-1-5-23-9-11-28(12-10-23)41-21-25-22-43-31(35-25)16-14-27-7-4-18-40-27/h3-4,6-7,9-18,20,22,29H,1-2,5,8,19,21H2. The SMILES string of the molecule is O=C1OC(CCCCc2ccc(OCc3coc(C=Cc4ccco4)n3)cc2)C(=O)N1Cc1coc(C=Cc2ccco2)n1. The lowest BCUT2D eigenvalue weighted by molar-refractivity contribution is -0.130. The Morgan fingerprint density at radius 3 is 2.09 bits per heavy atom. The third-order valence-corrected chi connectivity index (χ3v) is 6.82. The third-order valence-electron chi connectivity index (χ3n) is 6.82. The molecule has 11 nitrogen and oxygen atoms in total. The zero-order valence-electron chi connectivity index (χ0n) is 23.7. The van der Waals surface area contributed by atoms with Crippen LogP contribution in [0.15, 0.2) is 91.3 Å². The first kappa shape index (κ1) is 28.5. The second-order valence-electron chi connectivity index (χ2n) is 10.0. The highest BCUT2D eigenvalue weighted by Gasteiger charge is 2.40. The Bertz CT molecular complexity index is 1710. The molecule has 6 rings (SSSR count). The summed E-state index contributed by atoms with van der Waals surface area (Å²) >= 11 is 0. The van der Waals surface area contributed by atoms with Crippen molar-refractivity contribution >= 4 is 36.3 Å². The van der Waals surface area contributed by atoms with Gasteiger partial charge in [0.2, 0.25) is 11.8 Å². The fraction of sp³-hybridized carbons (Fsp3) is 0.212. The molecule has 1 fully saturated rings. The van der Waals surface area contributed by atoms with E-state index in [1.54, 1.807) is 55.2 Å². The third kappa shape index (κ3) is 7.43. The van der Waals surface area contributed by atoms with Crippen LogP contribution in [-0.4, -0.2) is 33.0 Å². The van der Waals surface area contributed by atoms with Gasteiger partial charge in [0.1, 0.15) is 42.1 Å². The number of rotatable bonds is 14. The molecule has 0 bridgehead atoms. The van der Waals surface area contributed by atoms with Crippen molar-refractivity contribution < 1.29 is 36.7 Å². The topological polar surface area (TPSA) is 134 Å². The summed E-state index contributed by atoms with van der Waals surface area (Å²) in [5.41, 5.74) is 2.27. The fourth-order valence-corrected chi connectivity index (χ4v) is 4.57. The minimum atomic E-state index is -0.791. The predicted molar refractivity (Wildman–Crippen MR) is 157 cm³/mol. The molecule has 1 unspecified atom stereocenters. The Balaban J connectivity index is 0.900. The molecular formula is C33H29N3O8. The van der Waals surface area contributed by atoms with E-state index >= 15 is 0 Å². The van der Waals surface area contributed by atoms with Crippen molar-refractivity contribution in [1.29, 1.82) is 0 Å². The number of carbonyl (C=O) groups is 2. The molecule has 4 aromatic heterocycles. The number of furan rings is 2. The normalized spacial score (nSPS) is 15.2. The number of ether oxygens (including phenoxy) is 2. The molecule has 5 aromatic rings. The van der Waals surface area contributed by atoms with E-state index in [2.05, 4.69) is 9.97 Å². The molecule has 5 heterocycles. The minimum absolute atomic E-state index is 0.0126. The van der Waals surface area contributed by atoms with Gasteiger partial charge in [-0.1, -0.05) is 12.1 Å². The molecule has 1 aromatic carbocycles. The number of amides is 2. The number of hydrogen-bond donors (Lipinski definition) is 0. The molecule has 1 saturated heterocycles. The Kier molecular flexibility index (Phi) is 8.82. The van der Waals surface area contributed by atoms with Crippen LogP contribution in [0.25, 0.3) is 24.3 Å². The smallest absolute Gasteiger partial charge is 0.417 e. The van der Waals surface area contributed by atoms with Crippen LogP contribution in [0.5, 0.6) is 5.75 Å².